The standard InChI is InChI=1S/C64H103NO36/c1-21-11-62-9-5-30-60(2,31(62)6-10-63(21,20-62)101-59-51(96-54-44(84)39(79)32(72)23(13-66)65-54)49(37(77)27(17-70)94-59)97-56-46(86)41(81)34(74)25(15-68)92-56)7-4-8-61(30,3)52(89)22-12-64(22)53(50(38(78)28(18-71)100-64)98-57-47(87)42(82)35(75)26(16-69)93-57)99-58-48(88)43(83)36(76)29(95-58)19-90-55-45(85)40(80)33(73)24(14-67)91-55/h22-51,53-59,65-88H,1,4-20H2,2-3H3/t22?,23-,24-,25-,26-,27-,28-,29-,30+,31+,32-,33-,34-,35-,36-,37-,38-,39+,40+,41+,42+,43+,44-,45-,46-,47-,48-,49+,50+,51-,53-,54+,55-,56+,57+,58+,59+,60-,61-,62-,63+,64?/m1/s1. The van der Waals surface area contributed by atoms with Crippen LogP contribution in [0.2, 0.25) is 0 Å². The number of nitrogens with one attached hydrogen (secondary N) is 1. The van der Waals surface area contributed by atoms with Crippen molar-refractivity contribution >= 4 is 5.78 Å². The van der Waals surface area contributed by atoms with E-state index in [0.717, 1.165) is 0 Å². The molecule has 0 aromatic heterocycles. The number of ether oxygens (including phenoxy) is 12. The molecule has 0 aromatic carbocycles. The van der Waals surface area contributed by atoms with Gasteiger partial charge < -0.3 is 174 Å². The Morgan fingerprint density at radius 3 is 1.51 bits per heavy atom. The van der Waals surface area contributed by atoms with Gasteiger partial charge in [-0.2, -0.15) is 0 Å². The Labute approximate surface area is 578 Å². The predicted molar refractivity (Wildman–Crippen MR) is 325 cm³/mol. The number of carbonyl (C=O) groups excluding carboxylic acids is 1. The van der Waals surface area contributed by atoms with Crippen molar-refractivity contribution in [1.29, 1.82) is 0 Å². The summed E-state index contributed by atoms with van der Waals surface area (Å²) in [5, 5.41) is 253. The number of carbonyl (C=O) groups is 1. The molecule has 12 aliphatic rings. The van der Waals surface area contributed by atoms with Gasteiger partial charge in [-0.3, -0.25) is 10.1 Å². The average molecular weight is 1460 g/mol. The van der Waals surface area contributed by atoms with E-state index in [1.54, 1.807) is 0 Å². The highest BCUT2D eigenvalue weighted by Crippen LogP contribution is 2.75. The maximum Gasteiger partial charge on any atom is 0.188 e. The van der Waals surface area contributed by atoms with Gasteiger partial charge in [0.2, 0.25) is 0 Å². The normalized spacial score (nSPS) is 56.0. The topological polar surface area (TPSA) is 605 Å². The van der Waals surface area contributed by atoms with Crippen molar-refractivity contribution in [3.63, 3.8) is 0 Å². The lowest BCUT2D eigenvalue weighted by atomic mass is 9.40. The van der Waals surface area contributed by atoms with Gasteiger partial charge in [0.05, 0.1) is 63.8 Å². The quantitative estimate of drug-likeness (QED) is 0.0375. The lowest BCUT2D eigenvalue weighted by Crippen LogP contribution is -2.70. The summed E-state index contributed by atoms with van der Waals surface area (Å²) in [7, 11) is 0. The summed E-state index contributed by atoms with van der Waals surface area (Å²) >= 11 is 0. The van der Waals surface area contributed by atoms with Gasteiger partial charge in [-0.25, -0.2) is 0 Å². The van der Waals surface area contributed by atoms with Crippen molar-refractivity contribution in [3.8, 4) is 0 Å². The minimum atomic E-state index is -2.16. The third-order valence-corrected chi connectivity index (χ3v) is 25.0. The number of piperidine rings is 1. The second-order valence-corrected chi connectivity index (χ2v) is 30.7. The Bertz CT molecular complexity index is 2840. The van der Waals surface area contributed by atoms with Crippen molar-refractivity contribution < 1.29 is 179 Å². The zero-order valence-corrected chi connectivity index (χ0v) is 55.7. The molecular weight excluding hydrogens is 1360 g/mol. The summed E-state index contributed by atoms with van der Waals surface area (Å²) in [5.41, 5.74) is -4.97. The Balaban J connectivity index is 0.821. The molecule has 0 amide bonds. The molecule has 0 aromatic rings. The lowest BCUT2D eigenvalue weighted by Gasteiger charge is -2.64. The molecule has 12 rings (SSSR count). The van der Waals surface area contributed by atoms with Crippen molar-refractivity contribution in [2.45, 2.75) is 298 Å². The summed E-state index contributed by atoms with van der Waals surface area (Å²) < 4.78 is 74.2. The zero-order chi connectivity index (χ0) is 73.2. The van der Waals surface area contributed by atoms with E-state index < -0.39 is 288 Å². The van der Waals surface area contributed by atoms with E-state index in [4.69, 9.17) is 56.8 Å². The molecule has 37 heteroatoms. The molecule has 2 spiro atoms. The summed E-state index contributed by atoms with van der Waals surface area (Å²) in [4.78, 5) is 16.2. The van der Waals surface area contributed by atoms with E-state index in [2.05, 4.69) is 18.8 Å². The molecule has 7 saturated heterocycles. The van der Waals surface area contributed by atoms with Gasteiger partial charge in [0.15, 0.2) is 31.5 Å². The van der Waals surface area contributed by atoms with Gasteiger partial charge in [0.25, 0.3) is 0 Å². The van der Waals surface area contributed by atoms with E-state index in [0.29, 0.717) is 56.9 Å². The fraction of sp³-hybridized carbons (Fsp3) is 0.953. The van der Waals surface area contributed by atoms with E-state index in [-0.39, 0.29) is 30.5 Å². The SMILES string of the molecule is C=C1C[C@@]23CC[C@H]4[C@@](C)(CCC[C@@]4(C)C(=O)C4CC45O[C@H](CO)[C@@H](O)[C@H](O[C@@H]4O[C@H](CO)[C@@H](O)[C@H](O)[C@H]4O)[C@H]5O[C@@H]4O[C@H](CO[C@@H]5O[C@H](CO)[C@@H](O)[C@H](O)[C@H]5O)[C@@H](O)[C@H](O)[C@H]4O)[C@@H]2CC[C@]1(O[C@@H]1O[C@H](CO)[C@@H](O)[C@H](O[C@@H]2O[C@H](CO)[C@@H](O)[C@H](O)[C@H]2O)[C@H]1O[C@@H]1N[C@H](CO)[C@@H](O)[C@H](O)[C@H]1O)C3. The van der Waals surface area contributed by atoms with Gasteiger partial charge in [-0.05, 0) is 86.0 Å². The van der Waals surface area contributed by atoms with Gasteiger partial charge >= 0.3 is 0 Å². The molecule has 2 bridgehead atoms. The molecular formula is C64H103NO36. The van der Waals surface area contributed by atoms with Crippen LogP contribution >= 0.6 is 0 Å². The Morgan fingerprint density at radius 2 is 0.950 bits per heavy atom. The zero-order valence-electron chi connectivity index (χ0n) is 55.7. The van der Waals surface area contributed by atoms with Crippen molar-refractivity contribution in [3.05, 3.63) is 12.2 Å². The number of aliphatic hydroxyl groups excluding tert-OH is 23. The maximum absolute atomic E-state index is 16.2. The van der Waals surface area contributed by atoms with E-state index in [1.807, 2.05) is 6.92 Å². The minimum Gasteiger partial charge on any atom is -0.395 e. The van der Waals surface area contributed by atoms with Crippen LogP contribution in [0.15, 0.2) is 12.2 Å². The molecule has 0 radical (unpaired) electrons. The summed E-state index contributed by atoms with van der Waals surface area (Å²) in [6, 6.07) is -1.28. The molecule has 2 unspecified atom stereocenters. The van der Waals surface area contributed by atoms with Gasteiger partial charge in [0.1, 0.15) is 182 Å². The van der Waals surface area contributed by atoms with Crippen LogP contribution in [0.25, 0.3) is 0 Å². The molecule has 101 heavy (non-hydrogen) atoms. The molecule has 37 nitrogen and oxygen atoms in total. The largest absolute Gasteiger partial charge is 0.395 e. The molecule has 42 atom stereocenters. The number of rotatable bonds is 21. The maximum atomic E-state index is 16.2. The monoisotopic (exact) mass is 1460 g/mol. The van der Waals surface area contributed by atoms with Gasteiger partial charge in [-0.15, -0.1) is 0 Å². The first-order valence-corrected chi connectivity index (χ1v) is 34.9. The first-order chi connectivity index (χ1) is 47.8. The minimum absolute atomic E-state index is 0.138. The van der Waals surface area contributed by atoms with Gasteiger partial charge in [0, 0.05) is 5.41 Å². The highest BCUT2D eigenvalue weighted by molar-refractivity contribution is 5.91. The number of aliphatic hydroxyl groups is 23. The average Bonchev–Trinajstić information content (AvgIpc) is 1.55. The number of fused-ring (bicyclic) bond motifs is 3. The smallest absolute Gasteiger partial charge is 0.188 e. The van der Waals surface area contributed by atoms with Crippen LogP contribution in [-0.4, -0.2) is 389 Å². The van der Waals surface area contributed by atoms with Crippen molar-refractivity contribution in [2.24, 2.45) is 34.0 Å². The first-order valence-electron chi connectivity index (χ1n) is 34.9. The second-order valence-electron chi connectivity index (χ2n) is 30.7. The second kappa shape index (κ2) is 30.1. The Hall–Kier alpha value is -2.03. The van der Waals surface area contributed by atoms with Crippen LogP contribution in [0.5, 0.6) is 0 Å². The first kappa shape index (κ1) is 78.5. The highest BCUT2D eigenvalue weighted by atomic mass is 16.8. The predicted octanol–water partition coefficient (Wildman–Crippen LogP) is -11.6. The van der Waals surface area contributed by atoms with E-state index >= 15 is 4.79 Å². The van der Waals surface area contributed by atoms with Crippen LogP contribution in [0, 0.1) is 34.0 Å². The lowest BCUT2D eigenvalue weighted by molar-refractivity contribution is -0.382. The number of hydrogen-bond acceptors (Lipinski definition) is 37. The summed E-state index contributed by atoms with van der Waals surface area (Å²) in [6.45, 7) is 2.65. The van der Waals surface area contributed by atoms with Gasteiger partial charge in [-0.1, -0.05) is 26.8 Å². The third-order valence-electron chi connectivity index (χ3n) is 25.0. The Morgan fingerprint density at radius 1 is 0.475 bits per heavy atom. The number of hydrogen-bond donors (Lipinski definition) is 24. The van der Waals surface area contributed by atoms with Crippen LogP contribution < -0.4 is 5.32 Å². The number of Topliss-reactive ketones (excluding diaryl/α,β-unsaturated/α-hetero) is 1. The summed E-state index contributed by atoms with van der Waals surface area (Å²) in [5.74, 6) is -2.02. The van der Waals surface area contributed by atoms with E-state index in [9.17, 15) is 117 Å². The Kier molecular flexibility index (Phi) is 23.4. The molecule has 7 aliphatic heterocycles. The molecule has 24 N–H and O–H groups in total. The molecule has 5 saturated carbocycles. The van der Waals surface area contributed by atoms with Crippen molar-refractivity contribution in [1.82, 2.24) is 5.32 Å². The molecule has 12 fully saturated rings. The molecule has 7 heterocycles. The van der Waals surface area contributed by atoms with Crippen LogP contribution in [-0.2, 0) is 61.6 Å². The summed E-state index contributed by atoms with van der Waals surface area (Å²) in [6.07, 6.45) is -57.0. The van der Waals surface area contributed by atoms with Crippen molar-refractivity contribution in [2.75, 3.05) is 46.2 Å². The fourth-order valence-corrected chi connectivity index (χ4v) is 19.3. The molecule has 5 aliphatic carbocycles. The van der Waals surface area contributed by atoms with Crippen LogP contribution in [0.4, 0.5) is 0 Å². The third kappa shape index (κ3) is 13.5. The molecule has 580 valence electrons. The van der Waals surface area contributed by atoms with E-state index in [1.165, 1.54) is 0 Å². The van der Waals surface area contributed by atoms with Crippen LogP contribution in [0.1, 0.15) is 78.1 Å². The van der Waals surface area contributed by atoms with Crippen LogP contribution in [0.3, 0.4) is 0 Å². The fourth-order valence-electron chi connectivity index (χ4n) is 19.3. The number of ketones is 1. The highest BCUT2D eigenvalue weighted by Gasteiger charge is 2.76.